The number of nitrogens with one attached hydrogen (secondary N) is 1. The highest BCUT2D eigenvalue weighted by Crippen LogP contribution is 2.20. The van der Waals surface area contributed by atoms with Gasteiger partial charge >= 0.3 is 5.97 Å². The fraction of sp³-hybridized carbons (Fsp3) is 0. The molecule has 5 nitrogen and oxygen atoms in total. The summed E-state index contributed by atoms with van der Waals surface area (Å²) in [5.41, 5.74) is 1.99. The molecule has 0 radical (unpaired) electrons. The van der Waals surface area contributed by atoms with Gasteiger partial charge in [0.2, 0.25) is 0 Å². The second-order valence-electron chi connectivity index (χ2n) is 3.88. The molecule has 0 aliphatic rings. The van der Waals surface area contributed by atoms with Crippen molar-refractivity contribution < 1.29 is 9.90 Å². The van der Waals surface area contributed by atoms with E-state index in [0.29, 0.717) is 5.82 Å². The van der Waals surface area contributed by atoms with Crippen molar-refractivity contribution in [2.45, 2.75) is 0 Å². The second-order valence-corrected chi connectivity index (χ2v) is 3.88. The average molecular weight is 239 g/mol. The van der Waals surface area contributed by atoms with E-state index in [1.54, 1.807) is 0 Å². The van der Waals surface area contributed by atoms with Crippen LogP contribution in [-0.2, 0) is 0 Å². The first-order valence-corrected chi connectivity index (χ1v) is 5.37. The lowest BCUT2D eigenvalue weighted by molar-refractivity contribution is 0.0696. The van der Waals surface area contributed by atoms with Crippen LogP contribution in [0.5, 0.6) is 0 Å². The van der Waals surface area contributed by atoms with Crippen LogP contribution >= 0.6 is 0 Å². The number of aromatic carboxylic acids is 1. The van der Waals surface area contributed by atoms with Gasteiger partial charge in [-0.1, -0.05) is 0 Å². The van der Waals surface area contributed by atoms with E-state index in [1.165, 1.54) is 12.4 Å². The number of carboxylic acid groups (broad SMARTS) is 1. The Morgan fingerprint density at radius 2 is 1.94 bits per heavy atom. The van der Waals surface area contributed by atoms with Crippen LogP contribution in [0.2, 0.25) is 0 Å². The van der Waals surface area contributed by atoms with Crippen molar-refractivity contribution in [3.05, 3.63) is 48.4 Å². The summed E-state index contributed by atoms with van der Waals surface area (Å²) in [5, 5.41) is 9.84. The number of hydrogen-bond donors (Lipinski definition) is 2. The quantitative estimate of drug-likeness (QED) is 0.719. The predicted octanol–water partition coefficient (Wildman–Crippen LogP) is 2.32. The molecule has 0 bridgehead atoms. The number of benzene rings is 1. The molecule has 3 rings (SSSR count). The summed E-state index contributed by atoms with van der Waals surface area (Å²) in [6.45, 7) is 0. The first-order chi connectivity index (χ1) is 8.74. The van der Waals surface area contributed by atoms with E-state index < -0.39 is 5.97 Å². The zero-order valence-electron chi connectivity index (χ0n) is 9.29. The summed E-state index contributed by atoms with van der Waals surface area (Å²) >= 11 is 0. The van der Waals surface area contributed by atoms with Crippen molar-refractivity contribution in [1.29, 1.82) is 0 Å². The van der Waals surface area contributed by atoms with Crippen molar-refractivity contribution in [1.82, 2.24) is 15.0 Å². The molecule has 0 aliphatic heterocycles. The fourth-order valence-corrected chi connectivity index (χ4v) is 1.78. The Morgan fingerprint density at radius 1 is 1.17 bits per heavy atom. The van der Waals surface area contributed by atoms with Crippen LogP contribution in [-0.4, -0.2) is 26.0 Å². The van der Waals surface area contributed by atoms with Gasteiger partial charge in [0.25, 0.3) is 0 Å². The van der Waals surface area contributed by atoms with Gasteiger partial charge < -0.3 is 10.1 Å². The molecule has 5 heteroatoms. The number of H-pyrrole nitrogens is 1. The lowest BCUT2D eigenvalue weighted by atomic mass is 10.1. The van der Waals surface area contributed by atoms with Gasteiger partial charge in [-0.3, -0.25) is 0 Å². The molecule has 0 spiro atoms. The van der Waals surface area contributed by atoms with Gasteiger partial charge in [-0.25, -0.2) is 14.8 Å². The van der Waals surface area contributed by atoms with Crippen LogP contribution in [0.1, 0.15) is 10.4 Å². The standard InChI is InChI=1S/C13H9N3O2/c17-13(18)10-6-15-12(16-7-10)9-1-2-11-8(5-9)3-4-14-11/h1-7,14H,(H,17,18). The predicted molar refractivity (Wildman–Crippen MR) is 66.3 cm³/mol. The van der Waals surface area contributed by atoms with Gasteiger partial charge in [0, 0.05) is 35.1 Å². The molecule has 2 aromatic heterocycles. The summed E-state index contributed by atoms with van der Waals surface area (Å²) < 4.78 is 0. The number of carbonyl (C=O) groups is 1. The summed E-state index contributed by atoms with van der Waals surface area (Å²) in [6, 6.07) is 7.76. The molecular weight excluding hydrogens is 230 g/mol. The summed E-state index contributed by atoms with van der Waals surface area (Å²) in [4.78, 5) is 21.9. The number of hydrogen-bond acceptors (Lipinski definition) is 3. The molecular formula is C13H9N3O2. The van der Waals surface area contributed by atoms with Crippen LogP contribution in [0, 0.1) is 0 Å². The van der Waals surface area contributed by atoms with Gasteiger partial charge in [-0.15, -0.1) is 0 Å². The van der Waals surface area contributed by atoms with E-state index in [-0.39, 0.29) is 5.56 Å². The van der Waals surface area contributed by atoms with E-state index in [4.69, 9.17) is 5.11 Å². The largest absolute Gasteiger partial charge is 0.478 e. The van der Waals surface area contributed by atoms with Crippen molar-refractivity contribution in [2.75, 3.05) is 0 Å². The second kappa shape index (κ2) is 3.96. The molecule has 0 amide bonds. The third-order valence-electron chi connectivity index (χ3n) is 2.71. The van der Waals surface area contributed by atoms with Crippen LogP contribution in [0.4, 0.5) is 0 Å². The molecule has 0 fully saturated rings. The molecule has 18 heavy (non-hydrogen) atoms. The summed E-state index contributed by atoms with van der Waals surface area (Å²) in [6.07, 6.45) is 4.49. The molecule has 1 aromatic carbocycles. The monoisotopic (exact) mass is 239 g/mol. The Balaban J connectivity index is 2.05. The number of rotatable bonds is 2. The molecule has 0 unspecified atom stereocenters. The minimum Gasteiger partial charge on any atom is -0.478 e. The van der Waals surface area contributed by atoms with E-state index in [9.17, 15) is 4.79 Å². The highest BCUT2D eigenvalue weighted by Gasteiger charge is 2.06. The van der Waals surface area contributed by atoms with Gasteiger partial charge in [0.15, 0.2) is 5.82 Å². The first-order valence-electron chi connectivity index (χ1n) is 5.37. The maximum absolute atomic E-state index is 10.7. The van der Waals surface area contributed by atoms with E-state index in [2.05, 4.69) is 15.0 Å². The highest BCUT2D eigenvalue weighted by atomic mass is 16.4. The number of nitrogens with zero attached hydrogens (tertiary/aromatic N) is 2. The Labute approximate surface area is 102 Å². The third-order valence-corrected chi connectivity index (χ3v) is 2.71. The molecule has 0 aliphatic carbocycles. The SMILES string of the molecule is O=C(O)c1cnc(-c2ccc3[nH]ccc3c2)nc1. The van der Waals surface area contributed by atoms with Crippen molar-refractivity contribution in [2.24, 2.45) is 0 Å². The Hall–Kier alpha value is -2.69. The van der Waals surface area contributed by atoms with E-state index >= 15 is 0 Å². The average Bonchev–Trinajstić information content (AvgIpc) is 2.86. The number of fused-ring (bicyclic) bond motifs is 1. The number of aromatic nitrogens is 3. The fourth-order valence-electron chi connectivity index (χ4n) is 1.78. The van der Waals surface area contributed by atoms with Gasteiger partial charge in [0.1, 0.15) is 0 Å². The molecule has 0 saturated heterocycles. The highest BCUT2D eigenvalue weighted by molar-refractivity contribution is 5.87. The molecule has 0 atom stereocenters. The third kappa shape index (κ3) is 1.71. The van der Waals surface area contributed by atoms with E-state index in [0.717, 1.165) is 16.5 Å². The zero-order valence-corrected chi connectivity index (χ0v) is 9.29. The van der Waals surface area contributed by atoms with Gasteiger partial charge in [0.05, 0.1) is 5.56 Å². The van der Waals surface area contributed by atoms with Crippen LogP contribution < -0.4 is 0 Å². The summed E-state index contributed by atoms with van der Waals surface area (Å²) in [7, 11) is 0. The topological polar surface area (TPSA) is 78.9 Å². The number of aromatic amines is 1. The lowest BCUT2D eigenvalue weighted by Gasteiger charge is -2.00. The van der Waals surface area contributed by atoms with Gasteiger partial charge in [-0.2, -0.15) is 0 Å². The maximum Gasteiger partial charge on any atom is 0.338 e. The minimum atomic E-state index is -1.03. The molecule has 2 heterocycles. The van der Waals surface area contributed by atoms with E-state index in [1.807, 2.05) is 30.5 Å². The van der Waals surface area contributed by atoms with Crippen molar-refractivity contribution >= 4 is 16.9 Å². The Morgan fingerprint density at radius 3 is 2.67 bits per heavy atom. The van der Waals surface area contributed by atoms with Crippen LogP contribution in [0.25, 0.3) is 22.3 Å². The minimum absolute atomic E-state index is 0.0847. The maximum atomic E-state index is 10.7. The molecule has 0 saturated carbocycles. The number of carboxylic acids is 1. The lowest BCUT2D eigenvalue weighted by Crippen LogP contribution is -1.99. The zero-order chi connectivity index (χ0) is 12.5. The molecule has 3 aromatic rings. The molecule has 88 valence electrons. The molecule has 2 N–H and O–H groups in total. The van der Waals surface area contributed by atoms with Crippen LogP contribution in [0.3, 0.4) is 0 Å². The Bertz CT molecular complexity index is 716. The van der Waals surface area contributed by atoms with Crippen molar-refractivity contribution in [3.8, 4) is 11.4 Å². The normalized spacial score (nSPS) is 10.7. The van der Waals surface area contributed by atoms with Crippen LogP contribution in [0.15, 0.2) is 42.9 Å². The van der Waals surface area contributed by atoms with Gasteiger partial charge in [-0.05, 0) is 24.3 Å². The first kappa shape index (κ1) is 10.5. The van der Waals surface area contributed by atoms with Crippen molar-refractivity contribution in [3.63, 3.8) is 0 Å². The Kier molecular flexibility index (Phi) is 2.30. The smallest absolute Gasteiger partial charge is 0.338 e. The summed E-state index contributed by atoms with van der Waals surface area (Å²) in [5.74, 6) is -0.509.